The van der Waals surface area contributed by atoms with Crippen LogP contribution in [-0.2, 0) is 29.4 Å². The van der Waals surface area contributed by atoms with Gasteiger partial charge in [-0.1, -0.05) is 81.5 Å². The second-order valence-electron chi connectivity index (χ2n) is 11.9. The Hall–Kier alpha value is -3.65. The fourth-order valence-electron chi connectivity index (χ4n) is 5.67. The predicted molar refractivity (Wildman–Crippen MR) is 158 cm³/mol. The number of fused-ring (bicyclic) bond motifs is 12. The summed E-state index contributed by atoms with van der Waals surface area (Å²) < 4.78 is 16.6. The highest BCUT2D eigenvalue weighted by Crippen LogP contribution is 2.41. The minimum atomic E-state index is -0.936. The maximum Gasteiger partial charge on any atom is 0.407 e. The average Bonchev–Trinajstić information content (AvgIpc) is 3.37. The fourth-order valence-corrected chi connectivity index (χ4v) is 5.67. The van der Waals surface area contributed by atoms with E-state index in [0.29, 0.717) is 0 Å². The first-order valence-corrected chi connectivity index (χ1v) is 14.3. The first-order valence-electron chi connectivity index (χ1n) is 14.3. The van der Waals surface area contributed by atoms with Crippen LogP contribution >= 0.6 is 0 Å². The van der Waals surface area contributed by atoms with Gasteiger partial charge in [0.1, 0.15) is 17.7 Å². The molecule has 3 heterocycles. The number of carbonyl (C=O) groups is 3. The van der Waals surface area contributed by atoms with Gasteiger partial charge in [-0.3, -0.25) is 4.79 Å². The summed E-state index contributed by atoms with van der Waals surface area (Å²) in [6, 6.07) is 14.6. The Bertz CT molecular complexity index is 1270. The molecule has 41 heavy (non-hydrogen) atoms. The number of benzene rings is 2. The Morgan fingerprint density at radius 1 is 1.02 bits per heavy atom. The Morgan fingerprint density at radius 3 is 2.44 bits per heavy atom. The molecule has 3 atom stereocenters. The van der Waals surface area contributed by atoms with Crippen LogP contribution in [-0.4, -0.2) is 62.3 Å². The molecule has 0 unspecified atom stereocenters. The topological polar surface area (TPSA) is 94.2 Å². The quantitative estimate of drug-likeness (QED) is 0.472. The lowest BCUT2D eigenvalue weighted by Crippen LogP contribution is -2.57. The molecule has 5 rings (SSSR count). The third-order valence-corrected chi connectivity index (χ3v) is 8.08. The minimum absolute atomic E-state index is 0.129. The summed E-state index contributed by atoms with van der Waals surface area (Å²) in [6.45, 7) is 6.00. The van der Waals surface area contributed by atoms with Gasteiger partial charge in [0, 0.05) is 13.5 Å². The first-order chi connectivity index (χ1) is 19.6. The van der Waals surface area contributed by atoms with Crippen LogP contribution in [0.1, 0.15) is 64.0 Å². The number of ether oxygens (including phenoxy) is 3. The van der Waals surface area contributed by atoms with Gasteiger partial charge in [0.2, 0.25) is 5.91 Å². The van der Waals surface area contributed by atoms with Gasteiger partial charge < -0.3 is 24.4 Å². The largest absolute Gasteiger partial charge is 0.467 e. The van der Waals surface area contributed by atoms with E-state index in [1.54, 1.807) is 7.11 Å². The van der Waals surface area contributed by atoms with Crippen molar-refractivity contribution >= 4 is 24.0 Å². The molecule has 0 spiro atoms. The molecule has 2 aromatic carbocycles. The maximum atomic E-state index is 14.1. The predicted octanol–water partition coefficient (Wildman–Crippen LogP) is 5.70. The molecule has 1 N–H and O–H groups in total. The normalized spacial score (nSPS) is 24.2. The number of methoxy groups -OCH3 is 2. The summed E-state index contributed by atoms with van der Waals surface area (Å²) in [7, 11) is 2.90. The third kappa shape index (κ3) is 6.81. The third-order valence-electron chi connectivity index (χ3n) is 8.08. The molecule has 3 aliphatic heterocycles. The van der Waals surface area contributed by atoms with Crippen molar-refractivity contribution in [2.24, 2.45) is 5.41 Å². The molecule has 2 aromatic rings. The number of alkyl carbamates (subject to hydrolysis) is 1. The van der Waals surface area contributed by atoms with Crippen LogP contribution in [0.5, 0.6) is 0 Å². The second-order valence-corrected chi connectivity index (χ2v) is 11.9. The van der Waals surface area contributed by atoms with Crippen molar-refractivity contribution in [3.8, 4) is 11.1 Å². The van der Waals surface area contributed by atoms with Crippen LogP contribution < -0.4 is 5.32 Å². The van der Waals surface area contributed by atoms with Gasteiger partial charge in [-0.25, -0.2) is 9.59 Å². The second kappa shape index (κ2) is 12.9. The zero-order valence-corrected chi connectivity index (χ0v) is 24.8. The molecule has 8 nitrogen and oxygen atoms in total. The van der Waals surface area contributed by atoms with E-state index in [1.807, 2.05) is 45.0 Å². The molecule has 220 valence electrons. The standard InChI is InChI=1S/C33H42N2O6/c1-32(2,3)28-29(36)35-22-33(40-5,21-27(35)30(37)39-4)25-18-16-24(17-19-25)26-15-11-10-14-23(26)13-9-7-6-8-12-20-41-31(38)34-28/h9-11,13-19,27-28H,6-8,12,20-22H2,1-5H3,(H,34,38)/t27-,28+,33-/m0/s1. The summed E-state index contributed by atoms with van der Waals surface area (Å²) in [4.78, 5) is 41.3. The van der Waals surface area contributed by atoms with Crippen molar-refractivity contribution in [1.29, 1.82) is 0 Å². The van der Waals surface area contributed by atoms with E-state index in [4.69, 9.17) is 14.2 Å². The van der Waals surface area contributed by atoms with Crippen LogP contribution in [0.15, 0.2) is 54.6 Å². The number of amides is 2. The van der Waals surface area contributed by atoms with Gasteiger partial charge in [0.05, 0.1) is 20.3 Å². The number of nitrogens with one attached hydrogen (secondary N) is 1. The van der Waals surface area contributed by atoms with E-state index in [2.05, 4.69) is 41.7 Å². The SMILES string of the molecule is COC(=O)[C@@H]1C[C@]2(OC)CN1C(=O)[C@H](C(C)(C)C)NC(=O)OCCCCCC=Cc1ccccc1-c1ccc2cc1. The monoisotopic (exact) mass is 562 g/mol. The molecule has 0 radical (unpaired) electrons. The Balaban J connectivity index is 1.76. The van der Waals surface area contributed by atoms with Crippen molar-refractivity contribution in [1.82, 2.24) is 10.2 Å². The van der Waals surface area contributed by atoms with E-state index < -0.39 is 35.2 Å². The number of nitrogens with zero attached hydrogens (tertiary/aromatic N) is 1. The van der Waals surface area contributed by atoms with Gasteiger partial charge in [0.25, 0.3) is 0 Å². The molecule has 4 bridgehead atoms. The maximum absolute atomic E-state index is 14.1. The Kier molecular flexibility index (Phi) is 9.53. The van der Waals surface area contributed by atoms with Crippen LogP contribution in [0.3, 0.4) is 0 Å². The summed E-state index contributed by atoms with van der Waals surface area (Å²) in [5, 5.41) is 2.78. The highest BCUT2D eigenvalue weighted by atomic mass is 16.5. The summed E-state index contributed by atoms with van der Waals surface area (Å²) >= 11 is 0. The number of rotatable bonds is 2. The Labute approximate surface area is 243 Å². The number of esters is 1. The van der Waals surface area contributed by atoms with E-state index in [1.165, 1.54) is 12.0 Å². The van der Waals surface area contributed by atoms with Crippen LogP contribution in [0.25, 0.3) is 17.2 Å². The zero-order valence-electron chi connectivity index (χ0n) is 24.8. The van der Waals surface area contributed by atoms with Crippen LogP contribution in [0.2, 0.25) is 0 Å². The average molecular weight is 563 g/mol. The highest BCUT2D eigenvalue weighted by Gasteiger charge is 2.53. The molecule has 0 saturated carbocycles. The van der Waals surface area contributed by atoms with Crippen LogP contribution in [0.4, 0.5) is 4.79 Å². The summed E-state index contributed by atoms with van der Waals surface area (Å²) in [6.07, 6.45) is 7.45. The first kappa shape index (κ1) is 30.3. The number of hydrogen-bond donors (Lipinski definition) is 1. The molecule has 0 aromatic heterocycles. The molecular formula is C33H42N2O6. The molecule has 0 aliphatic carbocycles. The zero-order chi connectivity index (χ0) is 29.6. The Morgan fingerprint density at radius 2 is 1.76 bits per heavy atom. The molecule has 1 fully saturated rings. The number of hydrogen-bond acceptors (Lipinski definition) is 6. The van der Waals surface area contributed by atoms with E-state index in [-0.39, 0.29) is 25.5 Å². The summed E-state index contributed by atoms with van der Waals surface area (Å²) in [5.41, 5.74) is 2.58. The van der Waals surface area contributed by atoms with Crippen molar-refractivity contribution < 1.29 is 28.6 Å². The van der Waals surface area contributed by atoms with Gasteiger partial charge in [0.15, 0.2) is 0 Å². The molecule has 3 aliphatic rings. The molecule has 2 amide bonds. The van der Waals surface area contributed by atoms with Crippen molar-refractivity contribution in [2.75, 3.05) is 27.4 Å². The fraction of sp³-hybridized carbons (Fsp3) is 0.485. The van der Waals surface area contributed by atoms with Crippen molar-refractivity contribution in [2.45, 2.75) is 70.6 Å². The van der Waals surface area contributed by atoms with Crippen molar-refractivity contribution in [3.63, 3.8) is 0 Å². The van der Waals surface area contributed by atoms with Gasteiger partial charge >= 0.3 is 12.1 Å². The highest BCUT2D eigenvalue weighted by molar-refractivity contribution is 5.91. The van der Waals surface area contributed by atoms with E-state index >= 15 is 0 Å². The lowest BCUT2D eigenvalue weighted by molar-refractivity contribution is -0.152. The van der Waals surface area contributed by atoms with Gasteiger partial charge in [-0.2, -0.15) is 0 Å². The lowest BCUT2D eigenvalue weighted by atomic mass is 9.85. The van der Waals surface area contributed by atoms with E-state index in [0.717, 1.165) is 47.9 Å². The molecule has 1 saturated heterocycles. The number of carbonyl (C=O) groups excluding carboxylic acids is 3. The minimum Gasteiger partial charge on any atom is -0.467 e. The smallest absolute Gasteiger partial charge is 0.407 e. The lowest BCUT2D eigenvalue weighted by Gasteiger charge is -2.35. The van der Waals surface area contributed by atoms with Crippen molar-refractivity contribution in [3.05, 3.63) is 65.7 Å². The molecule has 8 heteroatoms. The van der Waals surface area contributed by atoms with Crippen LogP contribution in [0, 0.1) is 5.41 Å². The van der Waals surface area contributed by atoms with Gasteiger partial charge in [-0.15, -0.1) is 0 Å². The van der Waals surface area contributed by atoms with E-state index in [9.17, 15) is 14.4 Å². The molecular weight excluding hydrogens is 520 g/mol. The summed E-state index contributed by atoms with van der Waals surface area (Å²) in [5.74, 6) is -0.911. The van der Waals surface area contributed by atoms with Gasteiger partial charge in [-0.05, 0) is 53.4 Å². The number of allylic oxidation sites excluding steroid dienone is 1.